The summed E-state index contributed by atoms with van der Waals surface area (Å²) in [6.07, 6.45) is 7.24. The van der Waals surface area contributed by atoms with Gasteiger partial charge in [-0.3, -0.25) is 0 Å². The van der Waals surface area contributed by atoms with Crippen molar-refractivity contribution in [3.05, 3.63) is 0 Å². The van der Waals surface area contributed by atoms with Crippen LogP contribution < -0.4 is 0 Å². The molecule has 0 aliphatic heterocycles. The van der Waals surface area contributed by atoms with Gasteiger partial charge in [-0.25, -0.2) is 8.42 Å². The predicted molar refractivity (Wildman–Crippen MR) is 60.1 cm³/mol. The van der Waals surface area contributed by atoms with Gasteiger partial charge < -0.3 is 0 Å². The van der Waals surface area contributed by atoms with Gasteiger partial charge in [0.1, 0.15) is 9.84 Å². The van der Waals surface area contributed by atoms with E-state index in [0.717, 1.165) is 12.8 Å². The quantitative estimate of drug-likeness (QED) is 0.730. The maximum absolute atomic E-state index is 11.4. The summed E-state index contributed by atoms with van der Waals surface area (Å²) in [5.41, 5.74) is 0.0752. The first-order valence-corrected chi connectivity index (χ1v) is 7.59. The molecule has 0 radical (unpaired) electrons. The van der Waals surface area contributed by atoms with E-state index in [1.807, 2.05) is 0 Å². The average Bonchev–Trinajstić information content (AvgIpc) is 2.02. The molecule has 0 bridgehead atoms. The zero-order valence-corrected chi connectivity index (χ0v) is 10.4. The van der Waals surface area contributed by atoms with Gasteiger partial charge in [0.05, 0.1) is 5.75 Å². The Morgan fingerprint density at radius 2 is 1.64 bits per heavy atom. The van der Waals surface area contributed by atoms with Crippen LogP contribution in [-0.4, -0.2) is 20.4 Å². The van der Waals surface area contributed by atoms with Crippen LogP contribution in [0.4, 0.5) is 0 Å². The van der Waals surface area contributed by atoms with Gasteiger partial charge >= 0.3 is 0 Å². The highest BCUT2D eigenvalue weighted by molar-refractivity contribution is 7.90. The molecule has 2 nitrogen and oxygen atoms in total. The number of hydrogen-bond acceptors (Lipinski definition) is 2. The zero-order chi connectivity index (χ0) is 10.8. The van der Waals surface area contributed by atoms with Gasteiger partial charge in [0, 0.05) is 6.26 Å². The van der Waals surface area contributed by atoms with E-state index in [1.165, 1.54) is 25.5 Å². The van der Waals surface area contributed by atoms with Gasteiger partial charge in [0.15, 0.2) is 0 Å². The number of hydrogen-bond donors (Lipinski definition) is 0. The summed E-state index contributed by atoms with van der Waals surface area (Å²) in [7, 11) is -2.83. The van der Waals surface area contributed by atoms with E-state index in [4.69, 9.17) is 0 Å². The average molecular weight is 218 g/mol. The minimum absolute atomic E-state index is 0.0752. The standard InChI is InChI=1S/C11H22O2S/c1-10(2)11(9-14(3,12)13)7-5-4-6-8-11/h10H,4-9H2,1-3H3. The Kier molecular flexibility index (Phi) is 3.62. The third-order valence-electron chi connectivity index (χ3n) is 3.62. The molecular formula is C11H22O2S. The van der Waals surface area contributed by atoms with E-state index in [1.54, 1.807) is 0 Å². The smallest absolute Gasteiger partial charge is 0.148 e. The highest BCUT2D eigenvalue weighted by Gasteiger charge is 2.37. The molecular weight excluding hydrogens is 196 g/mol. The Bertz CT molecular complexity index is 272. The van der Waals surface area contributed by atoms with Crippen molar-refractivity contribution in [1.29, 1.82) is 0 Å². The van der Waals surface area contributed by atoms with Crippen molar-refractivity contribution in [3.8, 4) is 0 Å². The fraction of sp³-hybridized carbons (Fsp3) is 1.00. The molecule has 0 unspecified atom stereocenters. The summed E-state index contributed by atoms with van der Waals surface area (Å²) in [5, 5.41) is 0. The van der Waals surface area contributed by atoms with E-state index in [2.05, 4.69) is 13.8 Å². The molecule has 1 rings (SSSR count). The molecule has 1 saturated carbocycles. The highest BCUT2D eigenvalue weighted by Crippen LogP contribution is 2.43. The highest BCUT2D eigenvalue weighted by atomic mass is 32.2. The lowest BCUT2D eigenvalue weighted by atomic mass is 9.68. The largest absolute Gasteiger partial charge is 0.229 e. The van der Waals surface area contributed by atoms with Gasteiger partial charge in [-0.05, 0) is 24.2 Å². The summed E-state index contributed by atoms with van der Waals surface area (Å²) in [6.45, 7) is 4.33. The first kappa shape index (κ1) is 12.0. The van der Waals surface area contributed by atoms with Gasteiger partial charge in [-0.1, -0.05) is 33.1 Å². The molecule has 1 fully saturated rings. The Morgan fingerprint density at radius 3 is 2.00 bits per heavy atom. The van der Waals surface area contributed by atoms with Crippen molar-refractivity contribution in [2.24, 2.45) is 11.3 Å². The Balaban J connectivity index is 2.81. The van der Waals surface area contributed by atoms with Gasteiger partial charge in [-0.15, -0.1) is 0 Å². The Labute approximate surface area is 88.0 Å². The minimum Gasteiger partial charge on any atom is -0.229 e. The van der Waals surface area contributed by atoms with E-state index in [-0.39, 0.29) is 5.41 Å². The molecule has 0 amide bonds. The van der Waals surface area contributed by atoms with E-state index in [9.17, 15) is 8.42 Å². The van der Waals surface area contributed by atoms with Gasteiger partial charge in [-0.2, -0.15) is 0 Å². The van der Waals surface area contributed by atoms with Crippen LogP contribution in [-0.2, 0) is 9.84 Å². The van der Waals surface area contributed by atoms with E-state index < -0.39 is 9.84 Å². The first-order valence-electron chi connectivity index (χ1n) is 5.53. The molecule has 84 valence electrons. The molecule has 0 N–H and O–H groups in total. The van der Waals surface area contributed by atoms with Crippen molar-refractivity contribution in [2.75, 3.05) is 12.0 Å². The van der Waals surface area contributed by atoms with Crippen molar-refractivity contribution in [1.82, 2.24) is 0 Å². The maximum atomic E-state index is 11.4. The molecule has 0 saturated heterocycles. The molecule has 3 heteroatoms. The predicted octanol–water partition coefficient (Wildman–Crippen LogP) is 2.64. The van der Waals surface area contributed by atoms with Crippen LogP contribution in [0.5, 0.6) is 0 Å². The third kappa shape index (κ3) is 2.97. The Hall–Kier alpha value is -0.0500. The van der Waals surface area contributed by atoms with Gasteiger partial charge in [0.25, 0.3) is 0 Å². The molecule has 14 heavy (non-hydrogen) atoms. The van der Waals surface area contributed by atoms with Crippen LogP contribution in [0.3, 0.4) is 0 Å². The summed E-state index contributed by atoms with van der Waals surface area (Å²) in [6, 6.07) is 0. The third-order valence-corrected chi connectivity index (χ3v) is 4.72. The van der Waals surface area contributed by atoms with E-state index in [0.29, 0.717) is 11.7 Å². The van der Waals surface area contributed by atoms with Gasteiger partial charge in [0.2, 0.25) is 0 Å². The maximum Gasteiger partial charge on any atom is 0.148 e. The van der Waals surface area contributed by atoms with Crippen LogP contribution >= 0.6 is 0 Å². The Morgan fingerprint density at radius 1 is 1.14 bits per heavy atom. The van der Waals surface area contributed by atoms with E-state index >= 15 is 0 Å². The summed E-state index contributed by atoms with van der Waals surface area (Å²) < 4.78 is 22.8. The number of sulfone groups is 1. The molecule has 0 aromatic carbocycles. The van der Waals surface area contributed by atoms with Crippen LogP contribution in [0.25, 0.3) is 0 Å². The number of rotatable bonds is 3. The molecule has 0 aromatic heterocycles. The summed E-state index contributed by atoms with van der Waals surface area (Å²) in [4.78, 5) is 0. The van der Waals surface area contributed by atoms with Crippen LogP contribution in [0.2, 0.25) is 0 Å². The fourth-order valence-electron chi connectivity index (χ4n) is 2.67. The lowest BCUT2D eigenvalue weighted by Gasteiger charge is -2.40. The normalized spacial score (nSPS) is 22.6. The second kappa shape index (κ2) is 4.21. The van der Waals surface area contributed by atoms with Crippen LogP contribution in [0.1, 0.15) is 46.0 Å². The lowest BCUT2D eigenvalue weighted by molar-refractivity contribution is 0.147. The molecule has 0 heterocycles. The second-order valence-corrected chi connectivity index (χ2v) is 7.29. The van der Waals surface area contributed by atoms with Crippen LogP contribution in [0.15, 0.2) is 0 Å². The lowest BCUT2D eigenvalue weighted by Crippen LogP contribution is -2.36. The summed E-state index contributed by atoms with van der Waals surface area (Å²) in [5.74, 6) is 0.870. The molecule has 1 aliphatic rings. The molecule has 0 atom stereocenters. The minimum atomic E-state index is -2.83. The van der Waals surface area contributed by atoms with Crippen LogP contribution in [0, 0.1) is 11.3 Å². The zero-order valence-electron chi connectivity index (χ0n) is 9.54. The molecule has 0 spiro atoms. The van der Waals surface area contributed by atoms with Crippen molar-refractivity contribution < 1.29 is 8.42 Å². The first-order chi connectivity index (χ1) is 6.36. The van der Waals surface area contributed by atoms with Crippen molar-refractivity contribution in [3.63, 3.8) is 0 Å². The van der Waals surface area contributed by atoms with Crippen molar-refractivity contribution >= 4 is 9.84 Å². The molecule has 1 aliphatic carbocycles. The SMILES string of the molecule is CC(C)C1(CS(C)(=O)=O)CCCCC1. The second-order valence-electron chi connectivity index (χ2n) is 5.15. The topological polar surface area (TPSA) is 34.1 Å². The van der Waals surface area contributed by atoms with Crippen molar-refractivity contribution in [2.45, 2.75) is 46.0 Å². The summed E-state index contributed by atoms with van der Waals surface area (Å²) >= 11 is 0. The monoisotopic (exact) mass is 218 g/mol. The molecule has 0 aromatic rings. The fourth-order valence-corrected chi connectivity index (χ4v) is 4.33.